The van der Waals surface area contributed by atoms with Crippen molar-refractivity contribution in [3.8, 4) is 0 Å². The molecule has 1 atom stereocenters. The first-order valence-corrected chi connectivity index (χ1v) is 8.84. The Kier molecular flexibility index (Phi) is 4.24. The molecule has 118 valence electrons. The number of pyridine rings is 1. The van der Waals surface area contributed by atoms with E-state index in [-0.39, 0.29) is 5.25 Å². The minimum atomic E-state index is 0.121. The maximum absolute atomic E-state index is 6.05. The van der Waals surface area contributed by atoms with Gasteiger partial charge in [-0.2, -0.15) is 0 Å². The van der Waals surface area contributed by atoms with Crippen molar-refractivity contribution in [3.05, 3.63) is 95.1 Å². The standard InChI is InChI=1S/C19H14ClN3S/c20-16-11-9-15(10-12-16)18(14-6-2-1-3-7-14)24-19-22-21-17-8-4-5-13-23(17)19/h1-13,18H/t18-/m0/s1. The van der Waals surface area contributed by atoms with E-state index >= 15 is 0 Å². The van der Waals surface area contributed by atoms with Crippen LogP contribution in [0.1, 0.15) is 16.4 Å². The highest BCUT2D eigenvalue weighted by Crippen LogP contribution is 2.39. The summed E-state index contributed by atoms with van der Waals surface area (Å²) < 4.78 is 2.01. The molecule has 0 N–H and O–H groups in total. The van der Waals surface area contributed by atoms with E-state index in [1.807, 2.05) is 47.0 Å². The summed E-state index contributed by atoms with van der Waals surface area (Å²) in [6.45, 7) is 0. The van der Waals surface area contributed by atoms with Crippen LogP contribution in [0.25, 0.3) is 5.65 Å². The van der Waals surface area contributed by atoms with E-state index in [9.17, 15) is 0 Å². The highest BCUT2D eigenvalue weighted by molar-refractivity contribution is 7.99. The van der Waals surface area contributed by atoms with Gasteiger partial charge in [0.2, 0.25) is 0 Å². The Bertz CT molecular complexity index is 951. The number of hydrogen-bond acceptors (Lipinski definition) is 3. The first-order chi connectivity index (χ1) is 11.8. The van der Waals surface area contributed by atoms with E-state index in [0.29, 0.717) is 0 Å². The van der Waals surface area contributed by atoms with Crippen LogP contribution < -0.4 is 0 Å². The van der Waals surface area contributed by atoms with Crippen LogP contribution in [0.15, 0.2) is 84.1 Å². The molecule has 4 aromatic rings. The second-order valence-corrected chi connectivity index (χ2v) is 6.88. The molecule has 3 nitrogen and oxygen atoms in total. The van der Waals surface area contributed by atoms with E-state index in [0.717, 1.165) is 15.8 Å². The van der Waals surface area contributed by atoms with Crippen molar-refractivity contribution in [2.24, 2.45) is 0 Å². The predicted octanol–water partition coefficient (Wildman–Crippen LogP) is 5.26. The molecule has 4 rings (SSSR count). The summed E-state index contributed by atoms with van der Waals surface area (Å²) in [5.41, 5.74) is 3.25. The van der Waals surface area contributed by atoms with Gasteiger partial charge in [0, 0.05) is 11.2 Å². The van der Waals surface area contributed by atoms with Gasteiger partial charge >= 0.3 is 0 Å². The van der Waals surface area contributed by atoms with Crippen molar-refractivity contribution in [2.45, 2.75) is 10.4 Å². The van der Waals surface area contributed by atoms with Gasteiger partial charge in [0.25, 0.3) is 0 Å². The third-order valence-electron chi connectivity index (χ3n) is 3.78. The molecule has 0 spiro atoms. The quantitative estimate of drug-likeness (QED) is 0.469. The maximum Gasteiger partial charge on any atom is 0.196 e. The van der Waals surface area contributed by atoms with Crippen molar-refractivity contribution < 1.29 is 0 Å². The molecular formula is C19H14ClN3S. The van der Waals surface area contributed by atoms with Crippen molar-refractivity contribution in [1.29, 1.82) is 0 Å². The largest absolute Gasteiger partial charge is 0.277 e. The molecule has 24 heavy (non-hydrogen) atoms. The molecule has 0 aliphatic carbocycles. The lowest BCUT2D eigenvalue weighted by molar-refractivity contribution is 0.915. The first kappa shape index (κ1) is 15.2. The maximum atomic E-state index is 6.05. The molecule has 0 unspecified atom stereocenters. The summed E-state index contributed by atoms with van der Waals surface area (Å²) in [7, 11) is 0. The average molecular weight is 352 g/mol. The van der Waals surface area contributed by atoms with Crippen molar-refractivity contribution in [2.75, 3.05) is 0 Å². The third-order valence-corrected chi connectivity index (χ3v) is 5.30. The van der Waals surface area contributed by atoms with Crippen molar-refractivity contribution in [3.63, 3.8) is 0 Å². The minimum absolute atomic E-state index is 0.121. The zero-order chi connectivity index (χ0) is 16.4. The van der Waals surface area contributed by atoms with Crippen LogP contribution in [0.5, 0.6) is 0 Å². The summed E-state index contributed by atoms with van der Waals surface area (Å²) in [5.74, 6) is 0. The number of hydrogen-bond donors (Lipinski definition) is 0. The Balaban J connectivity index is 1.77. The van der Waals surface area contributed by atoms with Crippen LogP contribution in [-0.2, 0) is 0 Å². The van der Waals surface area contributed by atoms with Gasteiger partial charge in [0.15, 0.2) is 10.8 Å². The predicted molar refractivity (Wildman–Crippen MR) is 98.6 cm³/mol. The number of benzene rings is 2. The number of aromatic nitrogens is 3. The smallest absolute Gasteiger partial charge is 0.196 e. The van der Waals surface area contributed by atoms with Gasteiger partial charge in [-0.3, -0.25) is 4.40 Å². The van der Waals surface area contributed by atoms with Crippen LogP contribution in [0.3, 0.4) is 0 Å². The van der Waals surface area contributed by atoms with Gasteiger partial charge in [0.1, 0.15) is 0 Å². The number of nitrogens with zero attached hydrogens (tertiary/aromatic N) is 3. The molecule has 2 aromatic heterocycles. The highest BCUT2D eigenvalue weighted by Gasteiger charge is 2.19. The van der Waals surface area contributed by atoms with Crippen LogP contribution in [0.4, 0.5) is 0 Å². The summed E-state index contributed by atoms with van der Waals surface area (Å²) >= 11 is 7.73. The van der Waals surface area contributed by atoms with E-state index in [1.165, 1.54) is 11.1 Å². The second kappa shape index (κ2) is 6.67. The summed E-state index contributed by atoms with van der Waals surface area (Å²) in [5, 5.41) is 10.3. The van der Waals surface area contributed by atoms with Gasteiger partial charge in [-0.25, -0.2) is 0 Å². The van der Waals surface area contributed by atoms with Crippen LogP contribution >= 0.6 is 23.4 Å². The fraction of sp³-hybridized carbons (Fsp3) is 0.0526. The molecule has 2 heterocycles. The van der Waals surface area contributed by atoms with Crippen molar-refractivity contribution in [1.82, 2.24) is 14.6 Å². The molecule has 2 aromatic carbocycles. The summed E-state index contributed by atoms with van der Waals surface area (Å²) in [6.07, 6.45) is 1.99. The number of halogens is 1. The normalized spacial score (nSPS) is 12.4. The van der Waals surface area contributed by atoms with Gasteiger partial charge in [0.05, 0.1) is 5.25 Å². The summed E-state index contributed by atoms with van der Waals surface area (Å²) in [4.78, 5) is 0. The van der Waals surface area contributed by atoms with Crippen LogP contribution in [-0.4, -0.2) is 14.6 Å². The van der Waals surface area contributed by atoms with Gasteiger partial charge in [-0.05, 0) is 35.4 Å². The molecule has 0 radical (unpaired) electrons. The van der Waals surface area contributed by atoms with Crippen molar-refractivity contribution >= 4 is 29.0 Å². The Labute approximate surface area is 149 Å². The zero-order valence-corrected chi connectivity index (χ0v) is 14.3. The Hall–Kier alpha value is -2.30. The zero-order valence-electron chi connectivity index (χ0n) is 12.7. The lowest BCUT2D eigenvalue weighted by atomic mass is 10.0. The average Bonchev–Trinajstić information content (AvgIpc) is 3.04. The fourth-order valence-corrected chi connectivity index (χ4v) is 3.88. The molecule has 0 fully saturated rings. The van der Waals surface area contributed by atoms with Crippen LogP contribution in [0, 0.1) is 0 Å². The molecule has 0 bridgehead atoms. The Morgan fingerprint density at radius 1 is 0.792 bits per heavy atom. The number of thioether (sulfide) groups is 1. The first-order valence-electron chi connectivity index (χ1n) is 7.58. The fourth-order valence-electron chi connectivity index (χ4n) is 2.60. The van der Waals surface area contributed by atoms with E-state index in [2.05, 4.69) is 46.6 Å². The van der Waals surface area contributed by atoms with Gasteiger partial charge in [-0.15, -0.1) is 10.2 Å². The molecule has 0 saturated heterocycles. The van der Waals surface area contributed by atoms with E-state index in [4.69, 9.17) is 11.6 Å². The van der Waals surface area contributed by atoms with E-state index < -0.39 is 0 Å². The Morgan fingerprint density at radius 3 is 2.29 bits per heavy atom. The van der Waals surface area contributed by atoms with Gasteiger partial charge in [-0.1, -0.05) is 71.9 Å². The topological polar surface area (TPSA) is 30.2 Å². The molecule has 0 aliphatic rings. The van der Waals surface area contributed by atoms with Gasteiger partial charge < -0.3 is 0 Å². The van der Waals surface area contributed by atoms with Crippen LogP contribution in [0.2, 0.25) is 5.02 Å². The third kappa shape index (κ3) is 3.03. The lowest BCUT2D eigenvalue weighted by Crippen LogP contribution is -1.98. The van der Waals surface area contributed by atoms with E-state index in [1.54, 1.807) is 11.8 Å². The summed E-state index contributed by atoms with van der Waals surface area (Å²) in [6, 6.07) is 24.3. The highest BCUT2D eigenvalue weighted by atomic mass is 35.5. The molecule has 0 aliphatic heterocycles. The molecule has 0 saturated carbocycles. The molecule has 5 heteroatoms. The monoisotopic (exact) mass is 351 g/mol. The second-order valence-electron chi connectivity index (χ2n) is 5.37. The number of rotatable bonds is 4. The lowest BCUT2D eigenvalue weighted by Gasteiger charge is -2.16. The Morgan fingerprint density at radius 2 is 1.50 bits per heavy atom. The molecule has 0 amide bonds. The molecular weight excluding hydrogens is 338 g/mol. The number of fused-ring (bicyclic) bond motifs is 1. The minimum Gasteiger partial charge on any atom is -0.277 e. The SMILES string of the molecule is Clc1ccc([C@@H](Sc2nnc3ccccn23)c2ccccc2)cc1.